The summed E-state index contributed by atoms with van der Waals surface area (Å²) in [5, 5.41) is 3.65. The summed E-state index contributed by atoms with van der Waals surface area (Å²) in [6.45, 7) is 10.5. The zero-order chi connectivity index (χ0) is 30.3. The number of carbonyl (C=O) groups is 2. The average molecular weight is 612 g/mol. The Morgan fingerprint density at radius 1 is 1.07 bits per heavy atom. The van der Waals surface area contributed by atoms with Crippen LogP contribution in [0, 0.1) is 5.82 Å². The molecule has 2 atom stereocenters. The molecule has 11 heteroatoms. The number of carbonyl (C=O) groups excluding carboxylic acids is 2. The van der Waals surface area contributed by atoms with Gasteiger partial charge in [0.15, 0.2) is 0 Å². The van der Waals surface area contributed by atoms with E-state index in [2.05, 4.69) is 22.0 Å². The maximum atomic E-state index is 14.2. The minimum Gasteiger partial charge on any atom is -0.444 e. The fraction of sp³-hybridized carbons (Fsp3) is 0.533. The number of rotatable bonds is 10. The molecule has 0 aliphatic carbocycles. The number of alkyl carbamates (subject to hydrolysis) is 1. The number of benzene rings is 2. The Labute approximate surface area is 252 Å². The third-order valence-electron chi connectivity index (χ3n) is 6.98. The molecule has 1 aliphatic heterocycles. The van der Waals surface area contributed by atoms with Crippen molar-refractivity contribution in [2.45, 2.75) is 58.3 Å². The molecule has 3 rings (SSSR count). The summed E-state index contributed by atoms with van der Waals surface area (Å²) in [4.78, 5) is 32.4. The van der Waals surface area contributed by atoms with Gasteiger partial charge in [-0.3, -0.25) is 9.69 Å². The number of piperazine rings is 1. The Morgan fingerprint density at radius 3 is 2.37 bits per heavy atom. The Hall–Kier alpha value is -2.59. The third kappa shape index (κ3) is 9.74. The quantitative estimate of drug-likeness (QED) is 0.389. The van der Waals surface area contributed by atoms with Crippen LogP contribution in [-0.2, 0) is 27.2 Å². The lowest BCUT2D eigenvalue weighted by Crippen LogP contribution is -2.56. The Balaban J connectivity index is 1.74. The van der Waals surface area contributed by atoms with Crippen molar-refractivity contribution < 1.29 is 23.5 Å². The highest BCUT2D eigenvalue weighted by molar-refractivity contribution is 6.35. The summed E-state index contributed by atoms with van der Waals surface area (Å²) in [6, 6.07) is 9.17. The molecule has 0 spiro atoms. The van der Waals surface area contributed by atoms with Gasteiger partial charge in [-0.25, -0.2) is 9.18 Å². The summed E-state index contributed by atoms with van der Waals surface area (Å²) in [5.41, 5.74) is 1.78. The zero-order valence-corrected chi connectivity index (χ0v) is 26.2. The van der Waals surface area contributed by atoms with Crippen molar-refractivity contribution in [2.24, 2.45) is 0 Å². The molecule has 0 aromatic heterocycles. The molecule has 0 saturated carbocycles. The van der Waals surface area contributed by atoms with Crippen molar-refractivity contribution in [1.82, 2.24) is 15.1 Å². The molecule has 8 nitrogen and oxygen atoms in total. The van der Waals surface area contributed by atoms with E-state index in [-0.39, 0.29) is 24.2 Å². The van der Waals surface area contributed by atoms with Crippen LogP contribution in [0.2, 0.25) is 10.0 Å². The van der Waals surface area contributed by atoms with E-state index in [4.69, 9.17) is 32.7 Å². The second-order valence-corrected chi connectivity index (χ2v) is 12.3. The number of amides is 2. The predicted octanol–water partition coefficient (Wildman–Crippen LogP) is 5.38. The van der Waals surface area contributed by atoms with E-state index in [1.54, 1.807) is 63.1 Å². The van der Waals surface area contributed by atoms with E-state index in [9.17, 15) is 14.0 Å². The van der Waals surface area contributed by atoms with Crippen molar-refractivity contribution >= 4 is 40.9 Å². The van der Waals surface area contributed by atoms with Gasteiger partial charge in [-0.2, -0.15) is 0 Å². The summed E-state index contributed by atoms with van der Waals surface area (Å²) in [5.74, 6) is -0.517. The van der Waals surface area contributed by atoms with Gasteiger partial charge in [0.2, 0.25) is 5.91 Å². The van der Waals surface area contributed by atoms with Crippen LogP contribution >= 0.6 is 23.2 Å². The first-order valence-corrected chi connectivity index (χ1v) is 14.5. The standard InChI is InChI=1S/C30H41Cl2FN4O4/c1-20(19-40-6)35(5)18-22-15-24(33)9-10-27(22)36-11-13-37(14-12-36)28(38)26(34-29(39)41-30(2,3)4)16-21-7-8-23(31)17-25(21)32/h7-10,15,17,20,26H,11-14,16,18-19H2,1-6H3,(H,34,39)/t20-,26-/m1/s1. The first-order chi connectivity index (χ1) is 19.3. The highest BCUT2D eigenvalue weighted by Crippen LogP contribution is 2.26. The molecule has 1 aliphatic rings. The van der Waals surface area contributed by atoms with Crippen molar-refractivity contribution in [1.29, 1.82) is 0 Å². The number of nitrogens with one attached hydrogen (secondary N) is 1. The summed E-state index contributed by atoms with van der Waals surface area (Å²) >= 11 is 12.4. The van der Waals surface area contributed by atoms with Gasteiger partial charge in [-0.15, -0.1) is 0 Å². The van der Waals surface area contributed by atoms with Crippen LogP contribution < -0.4 is 10.2 Å². The van der Waals surface area contributed by atoms with Crippen LogP contribution in [0.25, 0.3) is 0 Å². The largest absolute Gasteiger partial charge is 0.444 e. The average Bonchev–Trinajstić information content (AvgIpc) is 2.88. The lowest BCUT2D eigenvalue weighted by molar-refractivity contribution is -0.133. The summed E-state index contributed by atoms with van der Waals surface area (Å²) < 4.78 is 24.9. The number of anilines is 1. The Morgan fingerprint density at radius 2 is 1.76 bits per heavy atom. The van der Waals surface area contributed by atoms with E-state index in [0.29, 0.717) is 54.9 Å². The first kappa shape index (κ1) is 32.9. The molecule has 0 unspecified atom stereocenters. The van der Waals surface area contributed by atoms with Crippen molar-refractivity contribution in [3.63, 3.8) is 0 Å². The van der Waals surface area contributed by atoms with Gasteiger partial charge in [0, 0.05) is 68.0 Å². The molecule has 0 radical (unpaired) electrons. The number of nitrogens with zero attached hydrogens (tertiary/aromatic N) is 3. The van der Waals surface area contributed by atoms with Gasteiger partial charge < -0.3 is 24.6 Å². The fourth-order valence-electron chi connectivity index (χ4n) is 4.73. The van der Waals surface area contributed by atoms with E-state index in [0.717, 1.165) is 11.3 Å². The van der Waals surface area contributed by atoms with E-state index >= 15 is 0 Å². The topological polar surface area (TPSA) is 74.4 Å². The van der Waals surface area contributed by atoms with Gasteiger partial charge in [0.1, 0.15) is 17.5 Å². The van der Waals surface area contributed by atoms with Crippen molar-refractivity contribution in [3.8, 4) is 0 Å². The monoisotopic (exact) mass is 610 g/mol. The van der Waals surface area contributed by atoms with Crippen LogP contribution in [-0.4, -0.2) is 86.4 Å². The molecule has 41 heavy (non-hydrogen) atoms. The smallest absolute Gasteiger partial charge is 0.408 e. The van der Waals surface area contributed by atoms with Crippen LogP contribution in [0.15, 0.2) is 36.4 Å². The number of ether oxygens (including phenoxy) is 2. The number of halogens is 3. The molecule has 1 N–H and O–H groups in total. The van der Waals surface area contributed by atoms with Gasteiger partial charge in [0.25, 0.3) is 0 Å². The Bertz CT molecular complexity index is 1200. The highest BCUT2D eigenvalue weighted by atomic mass is 35.5. The zero-order valence-electron chi connectivity index (χ0n) is 24.7. The van der Waals surface area contributed by atoms with Crippen molar-refractivity contribution in [2.75, 3.05) is 51.8 Å². The lowest BCUT2D eigenvalue weighted by atomic mass is 10.0. The van der Waals surface area contributed by atoms with Gasteiger partial charge in [0.05, 0.1) is 6.61 Å². The molecular formula is C30H41Cl2FN4O4. The molecule has 0 bridgehead atoms. The fourth-order valence-corrected chi connectivity index (χ4v) is 5.21. The molecular weight excluding hydrogens is 570 g/mol. The minimum atomic E-state index is -0.882. The second kappa shape index (κ2) is 14.5. The molecule has 2 amide bonds. The number of likely N-dealkylation sites (N-methyl/N-ethyl adjacent to an activating group) is 1. The van der Waals surface area contributed by atoms with E-state index in [1.807, 2.05) is 7.05 Å². The molecule has 1 saturated heterocycles. The van der Waals surface area contributed by atoms with Crippen LogP contribution in [0.5, 0.6) is 0 Å². The second-order valence-electron chi connectivity index (χ2n) is 11.4. The molecule has 2 aromatic carbocycles. The molecule has 1 heterocycles. The summed E-state index contributed by atoms with van der Waals surface area (Å²) in [6.07, 6.45) is -0.495. The first-order valence-electron chi connectivity index (χ1n) is 13.7. The predicted molar refractivity (Wildman–Crippen MR) is 161 cm³/mol. The van der Waals surface area contributed by atoms with Gasteiger partial charge >= 0.3 is 6.09 Å². The van der Waals surface area contributed by atoms with Crippen LogP contribution in [0.4, 0.5) is 14.9 Å². The molecule has 226 valence electrons. The van der Waals surface area contributed by atoms with Gasteiger partial charge in [-0.1, -0.05) is 29.3 Å². The highest BCUT2D eigenvalue weighted by Gasteiger charge is 2.31. The number of hydrogen-bond donors (Lipinski definition) is 1. The minimum absolute atomic E-state index is 0.161. The number of methoxy groups -OCH3 is 1. The van der Waals surface area contributed by atoms with Gasteiger partial charge in [-0.05, 0) is 76.2 Å². The normalized spacial score (nSPS) is 15.6. The van der Waals surface area contributed by atoms with E-state index < -0.39 is 17.7 Å². The number of hydrogen-bond acceptors (Lipinski definition) is 6. The maximum Gasteiger partial charge on any atom is 0.408 e. The van der Waals surface area contributed by atoms with Crippen LogP contribution in [0.1, 0.15) is 38.8 Å². The maximum absolute atomic E-state index is 14.2. The Kier molecular flexibility index (Phi) is 11.7. The van der Waals surface area contributed by atoms with Crippen molar-refractivity contribution in [3.05, 3.63) is 63.4 Å². The van der Waals surface area contributed by atoms with E-state index in [1.165, 1.54) is 6.07 Å². The molecule has 2 aromatic rings. The molecule has 1 fully saturated rings. The SMILES string of the molecule is COC[C@@H](C)N(C)Cc1cc(F)ccc1N1CCN(C(=O)[C@@H](Cc2ccc(Cl)cc2Cl)NC(=O)OC(C)(C)C)CC1. The summed E-state index contributed by atoms with van der Waals surface area (Å²) in [7, 11) is 3.65. The third-order valence-corrected chi connectivity index (χ3v) is 7.57. The lowest BCUT2D eigenvalue weighted by Gasteiger charge is -2.39. The van der Waals surface area contributed by atoms with Crippen LogP contribution in [0.3, 0.4) is 0 Å².